The molecule has 1 aromatic carbocycles. The monoisotopic (exact) mass is 297 g/mol. The third-order valence-electron chi connectivity index (χ3n) is 2.05. The maximum atomic E-state index is 12.3. The number of rotatable bonds is 4. The van der Waals surface area contributed by atoms with Gasteiger partial charge in [-0.25, -0.2) is 8.42 Å². The Kier molecular flexibility index (Phi) is 4.16. The van der Waals surface area contributed by atoms with E-state index in [1.807, 2.05) is 0 Å². The predicted molar refractivity (Wildman–Crippen MR) is 63.4 cm³/mol. The molecule has 0 bridgehead atoms. The molecular weight excluding hydrogens is 283 g/mol. The number of nitrogens with two attached hydrogens (primary N) is 1. The Balaban J connectivity index is 2.89. The van der Waals surface area contributed by atoms with Crippen molar-refractivity contribution in [2.24, 2.45) is 5.73 Å². The summed E-state index contributed by atoms with van der Waals surface area (Å²) in [5.41, 5.74) is -0.241. The molecule has 0 atom stereocenters. The van der Waals surface area contributed by atoms with Gasteiger partial charge in [-0.1, -0.05) is 0 Å². The molecule has 0 aliphatic heterocycles. The lowest BCUT2D eigenvalue weighted by Crippen LogP contribution is -2.38. The Morgan fingerprint density at radius 3 is 2.00 bits per heavy atom. The minimum Gasteiger partial charge on any atom is -0.492 e. The van der Waals surface area contributed by atoms with E-state index in [0.29, 0.717) is 0 Å². The van der Waals surface area contributed by atoms with Crippen LogP contribution in [0, 0.1) is 0 Å². The summed E-state index contributed by atoms with van der Waals surface area (Å²) in [6, 6.07) is 4.01. The van der Waals surface area contributed by atoms with Gasteiger partial charge in [0, 0.05) is 5.54 Å². The van der Waals surface area contributed by atoms with E-state index in [0.717, 1.165) is 24.3 Å². The zero-order valence-electron chi connectivity index (χ0n) is 10.4. The SMILES string of the molecule is CC(C)(N)COc1ccc(S(=O)(=O)C(F)(F)F)cc1. The molecule has 0 heterocycles. The number of halogens is 3. The van der Waals surface area contributed by atoms with E-state index in [9.17, 15) is 21.6 Å². The number of alkyl halides is 3. The molecule has 19 heavy (non-hydrogen) atoms. The van der Waals surface area contributed by atoms with Crippen LogP contribution in [-0.2, 0) is 9.84 Å². The average Bonchev–Trinajstić information content (AvgIpc) is 2.24. The Morgan fingerprint density at radius 1 is 1.16 bits per heavy atom. The van der Waals surface area contributed by atoms with E-state index in [-0.39, 0.29) is 12.4 Å². The third kappa shape index (κ3) is 4.10. The van der Waals surface area contributed by atoms with Crippen LogP contribution in [0.15, 0.2) is 29.2 Å². The molecule has 0 aliphatic rings. The second kappa shape index (κ2) is 5.01. The van der Waals surface area contributed by atoms with Gasteiger partial charge in [0.25, 0.3) is 9.84 Å². The van der Waals surface area contributed by atoms with E-state index in [1.54, 1.807) is 13.8 Å². The van der Waals surface area contributed by atoms with Gasteiger partial charge in [-0.2, -0.15) is 13.2 Å². The molecule has 0 spiro atoms. The van der Waals surface area contributed by atoms with Crippen molar-refractivity contribution in [3.8, 4) is 5.75 Å². The van der Waals surface area contributed by atoms with Crippen LogP contribution in [0.2, 0.25) is 0 Å². The van der Waals surface area contributed by atoms with Crippen molar-refractivity contribution in [3.05, 3.63) is 24.3 Å². The van der Waals surface area contributed by atoms with Crippen molar-refractivity contribution in [3.63, 3.8) is 0 Å². The zero-order chi connectivity index (χ0) is 14.9. The van der Waals surface area contributed by atoms with Gasteiger partial charge in [-0.15, -0.1) is 0 Å². The molecule has 0 radical (unpaired) electrons. The van der Waals surface area contributed by atoms with Crippen LogP contribution in [0.25, 0.3) is 0 Å². The fourth-order valence-corrected chi connectivity index (χ4v) is 1.88. The lowest BCUT2D eigenvalue weighted by molar-refractivity contribution is -0.0436. The molecule has 0 aliphatic carbocycles. The highest BCUT2D eigenvalue weighted by molar-refractivity contribution is 7.92. The maximum absolute atomic E-state index is 12.3. The molecule has 2 N–H and O–H groups in total. The molecule has 0 aromatic heterocycles. The summed E-state index contributed by atoms with van der Waals surface area (Å²) in [5, 5.41) is 0. The van der Waals surface area contributed by atoms with Gasteiger partial charge < -0.3 is 10.5 Å². The quantitative estimate of drug-likeness (QED) is 0.924. The van der Waals surface area contributed by atoms with Crippen molar-refractivity contribution in [1.29, 1.82) is 0 Å². The molecule has 8 heteroatoms. The fourth-order valence-electron chi connectivity index (χ4n) is 1.12. The molecule has 0 saturated carbocycles. The summed E-state index contributed by atoms with van der Waals surface area (Å²) in [4.78, 5) is -0.820. The van der Waals surface area contributed by atoms with Gasteiger partial charge in [0.1, 0.15) is 12.4 Å². The largest absolute Gasteiger partial charge is 0.501 e. The van der Waals surface area contributed by atoms with E-state index < -0.39 is 25.8 Å². The Morgan fingerprint density at radius 2 is 1.63 bits per heavy atom. The Labute approximate surface area is 109 Å². The lowest BCUT2D eigenvalue weighted by Gasteiger charge is -2.19. The summed E-state index contributed by atoms with van der Waals surface area (Å²) < 4.78 is 64.3. The number of ether oxygens (including phenoxy) is 1. The molecule has 0 amide bonds. The van der Waals surface area contributed by atoms with Crippen LogP contribution in [0.3, 0.4) is 0 Å². The molecule has 4 nitrogen and oxygen atoms in total. The summed E-state index contributed by atoms with van der Waals surface area (Å²) in [6.07, 6.45) is 0. The fraction of sp³-hybridized carbons (Fsp3) is 0.455. The van der Waals surface area contributed by atoms with Gasteiger partial charge in [-0.3, -0.25) is 0 Å². The van der Waals surface area contributed by atoms with Gasteiger partial charge in [-0.05, 0) is 38.1 Å². The zero-order valence-corrected chi connectivity index (χ0v) is 11.2. The second-order valence-electron chi connectivity index (χ2n) is 4.70. The molecule has 108 valence electrons. The first-order valence-electron chi connectivity index (χ1n) is 5.26. The Hall–Kier alpha value is -1.28. The normalized spacial score (nSPS) is 13.4. The van der Waals surface area contributed by atoms with Crippen molar-refractivity contribution >= 4 is 9.84 Å². The van der Waals surface area contributed by atoms with Gasteiger partial charge in [0.2, 0.25) is 0 Å². The van der Waals surface area contributed by atoms with Crippen molar-refractivity contribution < 1.29 is 26.3 Å². The minimum absolute atomic E-state index is 0.151. The van der Waals surface area contributed by atoms with Gasteiger partial charge in [0.15, 0.2) is 0 Å². The van der Waals surface area contributed by atoms with E-state index in [2.05, 4.69) is 0 Å². The topological polar surface area (TPSA) is 69.4 Å². The minimum atomic E-state index is -5.32. The highest BCUT2D eigenvalue weighted by Gasteiger charge is 2.46. The average molecular weight is 297 g/mol. The standard InChI is InChI=1S/C11H14F3NO3S/c1-10(2,15)7-18-8-3-5-9(6-4-8)19(16,17)11(12,13)14/h3-6H,7,15H2,1-2H3. The van der Waals surface area contributed by atoms with Crippen LogP contribution >= 0.6 is 0 Å². The van der Waals surface area contributed by atoms with E-state index >= 15 is 0 Å². The smallest absolute Gasteiger partial charge is 0.492 e. The van der Waals surface area contributed by atoms with Crippen molar-refractivity contribution in [2.45, 2.75) is 29.8 Å². The molecule has 0 fully saturated rings. The highest BCUT2D eigenvalue weighted by atomic mass is 32.2. The second-order valence-corrected chi connectivity index (χ2v) is 6.64. The third-order valence-corrected chi connectivity index (χ3v) is 3.55. The number of benzene rings is 1. The van der Waals surface area contributed by atoms with Gasteiger partial charge >= 0.3 is 5.51 Å². The summed E-state index contributed by atoms with van der Waals surface area (Å²) in [6.45, 7) is 3.59. The molecular formula is C11H14F3NO3S. The van der Waals surface area contributed by atoms with Crippen LogP contribution in [0.4, 0.5) is 13.2 Å². The first-order valence-corrected chi connectivity index (χ1v) is 6.75. The summed E-state index contributed by atoms with van der Waals surface area (Å²) >= 11 is 0. The van der Waals surface area contributed by atoms with Crippen LogP contribution < -0.4 is 10.5 Å². The van der Waals surface area contributed by atoms with Gasteiger partial charge in [0.05, 0.1) is 4.90 Å². The summed E-state index contributed by atoms with van der Waals surface area (Å²) in [5.74, 6) is 0.250. The molecule has 0 saturated heterocycles. The maximum Gasteiger partial charge on any atom is 0.501 e. The van der Waals surface area contributed by atoms with Crippen LogP contribution in [-0.4, -0.2) is 26.1 Å². The number of sulfone groups is 1. The summed E-state index contributed by atoms with van der Waals surface area (Å²) in [7, 11) is -5.32. The number of hydrogen-bond acceptors (Lipinski definition) is 4. The highest BCUT2D eigenvalue weighted by Crippen LogP contribution is 2.30. The van der Waals surface area contributed by atoms with E-state index in [4.69, 9.17) is 10.5 Å². The molecule has 1 rings (SSSR count). The number of hydrogen-bond donors (Lipinski definition) is 1. The van der Waals surface area contributed by atoms with Crippen molar-refractivity contribution in [2.75, 3.05) is 6.61 Å². The lowest BCUT2D eigenvalue weighted by atomic mass is 10.1. The van der Waals surface area contributed by atoms with Crippen LogP contribution in [0.1, 0.15) is 13.8 Å². The first-order chi connectivity index (χ1) is 8.43. The van der Waals surface area contributed by atoms with Crippen molar-refractivity contribution in [1.82, 2.24) is 0 Å². The first kappa shape index (κ1) is 15.8. The molecule has 0 unspecified atom stereocenters. The molecule has 1 aromatic rings. The van der Waals surface area contributed by atoms with E-state index in [1.165, 1.54) is 0 Å². The van der Waals surface area contributed by atoms with Crippen LogP contribution in [0.5, 0.6) is 5.75 Å². The predicted octanol–water partition coefficient (Wildman–Crippen LogP) is 2.10. The Bertz CT molecular complexity index is 530.